The minimum Gasteiger partial charge on any atom is -0.505 e. The molecule has 1 saturated carbocycles. The summed E-state index contributed by atoms with van der Waals surface area (Å²) in [5, 5.41) is 24.3. The summed E-state index contributed by atoms with van der Waals surface area (Å²) >= 11 is 18.7. The Morgan fingerprint density at radius 3 is 2.49 bits per heavy atom. The van der Waals surface area contributed by atoms with Crippen molar-refractivity contribution in [3.05, 3.63) is 78.2 Å². The van der Waals surface area contributed by atoms with E-state index in [0.717, 1.165) is 43.5 Å². The molecule has 1 saturated heterocycles. The molecule has 248 valence electrons. The fraction of sp³-hybridized carbons (Fsp3) is 0.375. The van der Waals surface area contributed by atoms with Crippen molar-refractivity contribution in [2.75, 3.05) is 11.4 Å². The van der Waals surface area contributed by atoms with Crippen LogP contribution in [0.15, 0.2) is 38.9 Å². The molecule has 3 N–H and O–H groups in total. The number of aliphatic hydroxyl groups excluding tert-OH is 1. The lowest BCUT2D eigenvalue weighted by Gasteiger charge is -2.33. The highest BCUT2D eigenvalue weighted by atomic mass is 35.5. The smallest absolute Gasteiger partial charge is 0.362 e. The number of aliphatic hydroxyl groups is 1. The largest absolute Gasteiger partial charge is 0.505 e. The first kappa shape index (κ1) is 35.0. The number of hydrogen-bond acceptors (Lipinski definition) is 7. The van der Waals surface area contributed by atoms with E-state index >= 15 is 0 Å². The number of nitriles is 1. The number of nitrogens with zero attached hydrogens (tertiary/aromatic N) is 3. The lowest BCUT2D eigenvalue weighted by atomic mass is 9.92. The Bertz CT molecular complexity index is 1890. The van der Waals surface area contributed by atoms with Crippen LogP contribution in [0.3, 0.4) is 0 Å². The number of halogens is 5. The van der Waals surface area contributed by atoms with E-state index in [4.69, 9.17) is 40.1 Å². The van der Waals surface area contributed by atoms with Crippen LogP contribution in [0.4, 0.5) is 14.5 Å². The van der Waals surface area contributed by atoms with Crippen molar-refractivity contribution in [1.29, 1.82) is 5.26 Å². The molecule has 15 heteroatoms. The van der Waals surface area contributed by atoms with Crippen LogP contribution >= 0.6 is 46.6 Å². The van der Waals surface area contributed by atoms with Gasteiger partial charge in [-0.05, 0) is 84.7 Å². The fourth-order valence-corrected chi connectivity index (χ4v) is 7.83. The predicted molar refractivity (Wildman–Crippen MR) is 174 cm³/mol. The van der Waals surface area contributed by atoms with Gasteiger partial charge >= 0.3 is 5.38 Å². The van der Waals surface area contributed by atoms with E-state index in [1.807, 2.05) is 4.98 Å². The van der Waals surface area contributed by atoms with Crippen molar-refractivity contribution >= 4 is 64.1 Å². The second kappa shape index (κ2) is 13.3. The van der Waals surface area contributed by atoms with Crippen LogP contribution in [-0.2, 0) is 29.9 Å². The van der Waals surface area contributed by atoms with Crippen LogP contribution in [0.5, 0.6) is 5.75 Å². The number of hydrogen-bond donors (Lipinski definition) is 3. The second-order valence-electron chi connectivity index (χ2n) is 11.6. The van der Waals surface area contributed by atoms with E-state index < -0.39 is 34.7 Å². The Hall–Kier alpha value is -3.34. The topological polar surface area (TPSA) is 138 Å². The number of piperidine rings is 1. The molecule has 2 fully saturated rings. The van der Waals surface area contributed by atoms with Gasteiger partial charge in [-0.3, -0.25) is 14.4 Å². The van der Waals surface area contributed by atoms with Gasteiger partial charge in [0.2, 0.25) is 5.91 Å². The van der Waals surface area contributed by atoms with Crippen LogP contribution in [0.2, 0.25) is 10.0 Å². The lowest BCUT2D eigenvalue weighted by molar-refractivity contribution is -0.125. The number of phenols is 1. The van der Waals surface area contributed by atoms with Crippen LogP contribution < -0.4 is 10.5 Å². The molecule has 3 heterocycles. The molecule has 2 aromatic carbocycles. The normalized spacial score (nSPS) is 16.4. The number of aromatic amines is 1. The third-order valence-electron chi connectivity index (χ3n) is 8.65. The molecule has 1 aliphatic carbocycles. The lowest BCUT2D eigenvalue weighted by Crippen LogP contribution is -2.42. The van der Waals surface area contributed by atoms with E-state index in [0.29, 0.717) is 34.5 Å². The van der Waals surface area contributed by atoms with Gasteiger partial charge in [0.05, 0.1) is 28.4 Å². The molecule has 3 aliphatic rings. The van der Waals surface area contributed by atoms with Crippen molar-refractivity contribution in [3.63, 3.8) is 0 Å². The molecule has 1 aromatic heterocycles. The van der Waals surface area contributed by atoms with E-state index in [9.17, 15) is 33.4 Å². The maximum Gasteiger partial charge on any atom is 0.362 e. The van der Waals surface area contributed by atoms with Gasteiger partial charge in [-0.15, -0.1) is 0 Å². The average Bonchev–Trinajstić information content (AvgIpc) is 3.66. The minimum atomic E-state index is -3.95. The van der Waals surface area contributed by atoms with E-state index in [-0.39, 0.29) is 50.0 Å². The zero-order valence-corrected chi connectivity index (χ0v) is 28.3. The zero-order chi connectivity index (χ0) is 34.4. The Morgan fingerprint density at radius 1 is 1.19 bits per heavy atom. The number of carbonyl (C=O) groups is 2. The van der Waals surface area contributed by atoms with Gasteiger partial charge in [-0.25, -0.2) is 0 Å². The second-order valence-corrected chi connectivity index (χ2v) is 13.9. The van der Waals surface area contributed by atoms with Gasteiger partial charge in [0.25, 0.3) is 11.5 Å². The first-order valence-corrected chi connectivity index (χ1v) is 16.5. The molecule has 9 nitrogen and oxygen atoms in total. The number of phenolic OH excluding ortho intramolecular Hbond substituents is 1. The first-order chi connectivity index (χ1) is 22.2. The van der Waals surface area contributed by atoms with Crippen molar-refractivity contribution in [3.8, 4) is 11.8 Å². The maximum absolute atomic E-state index is 14.2. The van der Waals surface area contributed by atoms with Crippen LogP contribution in [0, 0.1) is 23.7 Å². The van der Waals surface area contributed by atoms with Gasteiger partial charge in [0.1, 0.15) is 17.0 Å². The van der Waals surface area contributed by atoms with Crippen molar-refractivity contribution < 1.29 is 28.6 Å². The summed E-state index contributed by atoms with van der Waals surface area (Å²) in [6.45, 7) is 3.26. The van der Waals surface area contributed by atoms with Crippen molar-refractivity contribution in [2.45, 2.75) is 74.4 Å². The fourth-order valence-electron chi connectivity index (χ4n) is 6.00. The third-order valence-corrected chi connectivity index (χ3v) is 11.0. The molecule has 0 atom stereocenters. The van der Waals surface area contributed by atoms with Gasteiger partial charge in [-0.2, -0.15) is 14.0 Å². The summed E-state index contributed by atoms with van der Waals surface area (Å²) in [6, 6.07) is 7.31. The van der Waals surface area contributed by atoms with Gasteiger partial charge in [-0.1, -0.05) is 41.0 Å². The van der Waals surface area contributed by atoms with Crippen LogP contribution in [-0.4, -0.2) is 38.5 Å². The highest BCUT2D eigenvalue weighted by Gasteiger charge is 2.53. The number of aromatic nitrogens is 1. The molecule has 2 amide bonds. The van der Waals surface area contributed by atoms with Crippen molar-refractivity contribution in [2.24, 2.45) is 5.41 Å². The quantitative estimate of drug-likeness (QED) is 0.228. The third kappa shape index (κ3) is 6.56. The number of nitrogens with one attached hydrogen (secondary N) is 1. The first-order valence-electron chi connectivity index (χ1n) is 14.5. The Kier molecular flexibility index (Phi) is 9.89. The Balaban J connectivity index is 0.00000139. The van der Waals surface area contributed by atoms with Gasteiger partial charge < -0.3 is 25.0 Å². The van der Waals surface area contributed by atoms with Crippen LogP contribution in [0.25, 0.3) is 0 Å². The summed E-state index contributed by atoms with van der Waals surface area (Å²) in [4.78, 5) is 45.5. The standard InChI is InChI=1S/C30H26Cl3F2N3O5S.C2H3N/c1-14-17-12-37(11-16(17)9-19(24(14)40)38-8-2-5-29(6-7-29)28(38)43)27(42)22-20(10-21(30(33,34)35)36-26(22)41)44-25-18(31)4-3-15(13-39)23(25)32;1-2-3/h3-4,9-10,39-40H,2,5-8,11-13H2,1H3,(H,36,41);1H3. The predicted octanol–water partition coefficient (Wildman–Crippen LogP) is 7.22. The number of alkyl halides is 3. The molecular weight excluding hydrogens is 697 g/mol. The molecule has 47 heavy (non-hydrogen) atoms. The number of H-pyrrole nitrogens is 1. The van der Waals surface area contributed by atoms with Gasteiger partial charge in [0, 0.05) is 41.8 Å². The molecule has 1 spiro atoms. The van der Waals surface area contributed by atoms with Crippen molar-refractivity contribution in [1.82, 2.24) is 9.88 Å². The molecule has 0 radical (unpaired) electrons. The summed E-state index contributed by atoms with van der Waals surface area (Å²) in [6.07, 6.45) is 3.32. The highest BCUT2D eigenvalue weighted by Crippen LogP contribution is 2.54. The molecule has 6 rings (SSSR count). The Morgan fingerprint density at radius 2 is 1.87 bits per heavy atom. The summed E-state index contributed by atoms with van der Waals surface area (Å²) < 4.78 is 28.3. The number of rotatable bonds is 6. The molecule has 0 unspecified atom stereocenters. The monoisotopic (exact) mass is 724 g/mol. The maximum atomic E-state index is 14.2. The van der Waals surface area contributed by atoms with Crippen LogP contribution in [0.1, 0.15) is 70.9 Å². The van der Waals surface area contributed by atoms with E-state index in [2.05, 4.69) is 0 Å². The summed E-state index contributed by atoms with van der Waals surface area (Å²) in [7, 11) is 0. The van der Waals surface area contributed by atoms with E-state index in [1.54, 1.807) is 24.0 Å². The number of benzene rings is 2. The number of anilines is 1. The Labute approximate surface area is 288 Å². The number of fused-ring (bicyclic) bond motifs is 1. The highest BCUT2D eigenvalue weighted by molar-refractivity contribution is 7.99. The molecule has 3 aromatic rings. The minimum absolute atomic E-state index is 0.00342. The number of aromatic hydroxyl groups is 1. The molecule has 2 aliphatic heterocycles. The molecule has 0 bridgehead atoms. The van der Waals surface area contributed by atoms with E-state index in [1.165, 1.54) is 24.0 Å². The molecular formula is C32H29Cl3F2N4O5S. The number of carbonyl (C=O) groups excluding carboxylic acids is 2. The number of amides is 2. The number of pyridine rings is 1. The summed E-state index contributed by atoms with van der Waals surface area (Å²) in [5.41, 5.74) is -0.223. The van der Waals surface area contributed by atoms with Gasteiger partial charge in [0.15, 0.2) is 0 Å². The SMILES string of the molecule is CC#N.Cc1c(O)c(N2CCCC3(CC3)C2=O)cc2c1CN(C(=O)c1c(Sc3c(Cl)ccc(CO)c3Cl)cc(C(F)(F)Cl)[nH]c1=O)C2. The summed E-state index contributed by atoms with van der Waals surface area (Å²) in [5.74, 6) is -0.803. The zero-order valence-electron chi connectivity index (χ0n) is 25.2. The average molecular weight is 726 g/mol.